The summed E-state index contributed by atoms with van der Waals surface area (Å²) in [6, 6.07) is 14.7. The Morgan fingerprint density at radius 1 is 0.816 bits per heavy atom. The predicted octanol–water partition coefficient (Wildman–Crippen LogP) is 5.46. The van der Waals surface area contributed by atoms with Crippen LogP contribution in [0.3, 0.4) is 0 Å². The first-order valence-electron chi connectivity index (χ1n) is 12.2. The molecule has 0 aliphatic rings. The van der Waals surface area contributed by atoms with Crippen LogP contribution in [0.25, 0.3) is 0 Å². The number of methoxy groups -OCH3 is 3. The van der Waals surface area contributed by atoms with Gasteiger partial charge >= 0.3 is 0 Å². The summed E-state index contributed by atoms with van der Waals surface area (Å²) in [5.41, 5.74) is 3.96. The lowest BCUT2D eigenvalue weighted by Gasteiger charge is -2.22. The second kappa shape index (κ2) is 11.8. The Morgan fingerprint density at radius 3 is 1.97 bits per heavy atom. The maximum Gasteiger partial charge on any atom is 0.264 e. The smallest absolute Gasteiger partial charge is 0.264 e. The van der Waals surface area contributed by atoms with Crippen LogP contribution in [0.2, 0.25) is 0 Å². The summed E-state index contributed by atoms with van der Waals surface area (Å²) in [6.45, 7) is 8.14. The average molecular weight is 541 g/mol. The first-order valence-corrected chi connectivity index (χ1v) is 13.7. The molecule has 1 amide bonds. The van der Waals surface area contributed by atoms with Crippen LogP contribution in [0.1, 0.15) is 59.8 Å². The van der Waals surface area contributed by atoms with Gasteiger partial charge in [0.2, 0.25) is 0 Å². The molecule has 0 heterocycles. The summed E-state index contributed by atoms with van der Waals surface area (Å²) < 4.78 is 43.6. The average Bonchev–Trinajstić information content (AvgIpc) is 2.91. The van der Waals surface area contributed by atoms with Crippen molar-refractivity contribution >= 4 is 21.6 Å². The molecule has 3 aromatic carbocycles. The van der Waals surface area contributed by atoms with Gasteiger partial charge in [-0.05, 0) is 85.0 Å². The Kier molecular flexibility index (Phi) is 8.93. The molecule has 0 unspecified atom stereocenters. The molecular weight excluding hydrogens is 504 g/mol. The molecule has 1 N–H and O–H groups in total. The summed E-state index contributed by atoms with van der Waals surface area (Å²) in [4.78, 5) is 13.1. The van der Waals surface area contributed by atoms with Crippen LogP contribution in [0.5, 0.6) is 17.2 Å². The zero-order valence-electron chi connectivity index (χ0n) is 23.2. The number of rotatable bonds is 10. The van der Waals surface area contributed by atoms with Crippen molar-refractivity contribution in [3.8, 4) is 17.2 Å². The number of nitrogens with one attached hydrogen (secondary N) is 1. The number of aryl methyl sites for hydroxylation is 1. The van der Waals surface area contributed by atoms with Crippen molar-refractivity contribution in [1.29, 1.82) is 0 Å². The molecule has 8 nitrogen and oxygen atoms in total. The minimum atomic E-state index is -3.87. The first kappa shape index (κ1) is 28.8. The van der Waals surface area contributed by atoms with Gasteiger partial charge in [-0.15, -0.1) is 0 Å². The van der Waals surface area contributed by atoms with Gasteiger partial charge in [0.05, 0.1) is 38.0 Å². The number of hydrogen-bond acceptors (Lipinski definition) is 6. The minimum absolute atomic E-state index is 0.0592. The second-order valence-electron chi connectivity index (χ2n) is 9.34. The molecule has 9 heteroatoms. The Balaban J connectivity index is 1.79. The molecule has 0 aromatic heterocycles. The summed E-state index contributed by atoms with van der Waals surface area (Å²) in [6.07, 6.45) is 0. The summed E-state index contributed by atoms with van der Waals surface area (Å²) in [7, 11) is 2.18. The highest BCUT2D eigenvalue weighted by Gasteiger charge is 2.24. The highest BCUT2D eigenvalue weighted by Crippen LogP contribution is 2.33. The van der Waals surface area contributed by atoms with Gasteiger partial charge in [-0.2, -0.15) is 0 Å². The van der Waals surface area contributed by atoms with E-state index in [9.17, 15) is 13.2 Å². The van der Waals surface area contributed by atoms with E-state index in [1.807, 2.05) is 19.9 Å². The normalized spacial score (nSPS) is 12.1. The molecule has 1 atom stereocenters. The number of carbonyl (C=O) groups excluding carboxylic acids is 1. The Bertz CT molecular complexity index is 1400. The van der Waals surface area contributed by atoms with Crippen LogP contribution in [-0.2, 0) is 10.0 Å². The summed E-state index contributed by atoms with van der Waals surface area (Å²) in [5.74, 6) is 1.60. The highest BCUT2D eigenvalue weighted by molar-refractivity contribution is 7.92. The Morgan fingerprint density at radius 2 is 1.42 bits per heavy atom. The topological polar surface area (TPSA) is 94.2 Å². The van der Waals surface area contributed by atoms with Crippen LogP contribution in [-0.4, -0.2) is 42.7 Å². The zero-order chi connectivity index (χ0) is 28.2. The van der Waals surface area contributed by atoms with Crippen LogP contribution in [0.4, 0.5) is 5.69 Å². The van der Waals surface area contributed by atoms with Crippen molar-refractivity contribution in [3.05, 3.63) is 76.9 Å². The lowest BCUT2D eigenvalue weighted by Crippen LogP contribution is -2.28. The predicted molar refractivity (Wildman–Crippen MR) is 149 cm³/mol. The van der Waals surface area contributed by atoms with E-state index in [1.165, 1.54) is 33.4 Å². The van der Waals surface area contributed by atoms with E-state index >= 15 is 0 Å². The van der Waals surface area contributed by atoms with Crippen molar-refractivity contribution in [2.75, 3.05) is 32.7 Å². The van der Waals surface area contributed by atoms with Crippen LogP contribution < -0.4 is 23.8 Å². The largest absolute Gasteiger partial charge is 0.496 e. The van der Waals surface area contributed by atoms with Crippen molar-refractivity contribution in [1.82, 2.24) is 5.32 Å². The lowest BCUT2D eigenvalue weighted by molar-refractivity contribution is 0.0940. The molecule has 0 aliphatic carbocycles. The molecule has 0 saturated heterocycles. The number of amides is 1. The molecule has 38 heavy (non-hydrogen) atoms. The van der Waals surface area contributed by atoms with Gasteiger partial charge in [0.1, 0.15) is 5.75 Å². The molecule has 0 saturated carbocycles. The van der Waals surface area contributed by atoms with Crippen molar-refractivity contribution in [3.63, 3.8) is 0 Å². The number of sulfonamides is 1. The third-order valence-electron chi connectivity index (χ3n) is 6.56. The van der Waals surface area contributed by atoms with Gasteiger partial charge in [0.25, 0.3) is 15.9 Å². The van der Waals surface area contributed by atoms with Crippen LogP contribution >= 0.6 is 0 Å². The first-order chi connectivity index (χ1) is 17.9. The van der Waals surface area contributed by atoms with Crippen LogP contribution in [0.15, 0.2) is 59.5 Å². The van der Waals surface area contributed by atoms with E-state index in [0.717, 1.165) is 26.7 Å². The van der Waals surface area contributed by atoms with Gasteiger partial charge < -0.3 is 19.5 Å². The number of hydrogen-bond donors (Lipinski definition) is 1. The molecule has 0 bridgehead atoms. The number of nitrogens with zero attached hydrogens (tertiary/aromatic N) is 1. The third-order valence-corrected chi connectivity index (χ3v) is 8.34. The molecule has 3 aromatic rings. The third kappa shape index (κ3) is 5.88. The standard InChI is InChI=1S/C29H36N2O6S/c1-18(2)24-17-25(19(3)15-27(24)36-7)20(4)30-29(32)21-9-11-22(12-10-21)31(5)38(33,34)23-13-14-26(35-6)28(16-23)37-8/h9-18,20H,1-8H3,(H,30,32)/t20-/m0/s1. The zero-order valence-corrected chi connectivity index (χ0v) is 24.0. The highest BCUT2D eigenvalue weighted by atomic mass is 32.2. The van der Waals surface area contributed by atoms with Crippen molar-refractivity contribution in [2.45, 2.75) is 44.6 Å². The minimum Gasteiger partial charge on any atom is -0.496 e. The molecule has 0 fully saturated rings. The van der Waals surface area contributed by atoms with Crippen LogP contribution in [0, 0.1) is 6.92 Å². The van der Waals surface area contributed by atoms with Gasteiger partial charge in [-0.25, -0.2) is 8.42 Å². The van der Waals surface area contributed by atoms with Gasteiger partial charge in [-0.3, -0.25) is 9.10 Å². The molecule has 0 spiro atoms. The molecule has 0 aliphatic heterocycles. The quantitative estimate of drug-likeness (QED) is 0.367. The number of carbonyl (C=O) groups is 1. The van der Waals surface area contributed by atoms with Gasteiger partial charge in [0, 0.05) is 18.7 Å². The van der Waals surface area contributed by atoms with Crippen molar-refractivity contribution < 1.29 is 27.4 Å². The number of ether oxygens (including phenoxy) is 3. The van der Waals surface area contributed by atoms with E-state index in [1.54, 1.807) is 37.4 Å². The monoisotopic (exact) mass is 540 g/mol. The Hall–Kier alpha value is -3.72. The van der Waals surface area contributed by atoms with Gasteiger partial charge in [-0.1, -0.05) is 13.8 Å². The van der Waals surface area contributed by atoms with E-state index in [2.05, 4.69) is 25.2 Å². The van der Waals surface area contributed by atoms with E-state index in [-0.39, 0.29) is 22.8 Å². The molecule has 3 rings (SSSR count). The lowest BCUT2D eigenvalue weighted by atomic mass is 9.93. The fourth-order valence-electron chi connectivity index (χ4n) is 4.26. The fraction of sp³-hybridized carbons (Fsp3) is 0.345. The number of anilines is 1. The Labute approximate surface area is 225 Å². The maximum atomic E-state index is 13.2. The molecule has 204 valence electrons. The van der Waals surface area contributed by atoms with E-state index in [4.69, 9.17) is 14.2 Å². The molecular formula is C29H36N2O6S. The molecule has 0 radical (unpaired) electrons. The fourth-order valence-corrected chi connectivity index (χ4v) is 5.48. The van der Waals surface area contributed by atoms with E-state index < -0.39 is 10.0 Å². The summed E-state index contributed by atoms with van der Waals surface area (Å²) in [5, 5.41) is 3.05. The van der Waals surface area contributed by atoms with Crippen molar-refractivity contribution in [2.24, 2.45) is 0 Å². The second-order valence-corrected chi connectivity index (χ2v) is 11.3. The van der Waals surface area contributed by atoms with Gasteiger partial charge in [0.15, 0.2) is 11.5 Å². The maximum absolute atomic E-state index is 13.2. The number of benzene rings is 3. The summed E-state index contributed by atoms with van der Waals surface area (Å²) >= 11 is 0. The SMILES string of the molecule is COc1ccc(S(=O)(=O)N(C)c2ccc(C(=O)N[C@@H](C)c3cc(C(C)C)c(OC)cc3C)cc2)cc1OC. The van der Waals surface area contributed by atoms with E-state index in [0.29, 0.717) is 22.7 Å².